The summed E-state index contributed by atoms with van der Waals surface area (Å²) in [5.74, 6) is -0.0734. The van der Waals surface area contributed by atoms with Crippen LogP contribution in [0.1, 0.15) is 29.4 Å². The lowest BCUT2D eigenvalue weighted by atomic mass is 10.3. The number of nitrogens with zero attached hydrogens (tertiary/aromatic N) is 1. The van der Waals surface area contributed by atoms with Crippen LogP contribution in [0.3, 0.4) is 0 Å². The van der Waals surface area contributed by atoms with Gasteiger partial charge in [0.25, 0.3) is 5.91 Å². The number of halogens is 2. The van der Waals surface area contributed by atoms with E-state index >= 15 is 0 Å². The van der Waals surface area contributed by atoms with Crippen molar-refractivity contribution < 1.29 is 4.79 Å². The van der Waals surface area contributed by atoms with E-state index in [0.717, 1.165) is 27.5 Å². The standard InChI is InChI=1S/C14H12Br2N2O/c15-9-2-1-3-11(6-9)17-14(19)13-7-10(16)8-18(13)12-4-5-12/h1-3,6-8,12H,4-5H2,(H,17,19). The second-order valence-electron chi connectivity index (χ2n) is 4.65. The molecule has 0 spiro atoms. The highest BCUT2D eigenvalue weighted by Gasteiger charge is 2.27. The second kappa shape index (κ2) is 5.13. The predicted molar refractivity (Wildman–Crippen MR) is 82.5 cm³/mol. The molecular weight excluding hydrogens is 372 g/mol. The largest absolute Gasteiger partial charge is 0.339 e. The molecule has 3 rings (SSSR count). The molecule has 1 aliphatic rings. The topological polar surface area (TPSA) is 34.0 Å². The summed E-state index contributed by atoms with van der Waals surface area (Å²) in [6, 6.07) is 9.94. The van der Waals surface area contributed by atoms with E-state index in [1.54, 1.807) is 0 Å². The number of hydrogen-bond acceptors (Lipinski definition) is 1. The van der Waals surface area contributed by atoms with E-state index < -0.39 is 0 Å². The molecule has 1 fully saturated rings. The summed E-state index contributed by atoms with van der Waals surface area (Å²) < 4.78 is 3.94. The molecule has 0 atom stereocenters. The van der Waals surface area contributed by atoms with Crippen LogP contribution in [0.4, 0.5) is 5.69 Å². The molecule has 0 aliphatic heterocycles. The lowest BCUT2D eigenvalue weighted by Gasteiger charge is -2.08. The van der Waals surface area contributed by atoms with Crippen molar-refractivity contribution >= 4 is 43.5 Å². The molecule has 1 heterocycles. The highest BCUT2D eigenvalue weighted by Crippen LogP contribution is 2.37. The molecule has 1 aromatic carbocycles. The van der Waals surface area contributed by atoms with Gasteiger partial charge in [-0.25, -0.2) is 0 Å². The third kappa shape index (κ3) is 2.92. The monoisotopic (exact) mass is 382 g/mol. The van der Waals surface area contributed by atoms with E-state index in [0.29, 0.717) is 11.7 Å². The van der Waals surface area contributed by atoms with Gasteiger partial charge in [0.15, 0.2) is 0 Å². The van der Waals surface area contributed by atoms with Crippen molar-refractivity contribution in [3.63, 3.8) is 0 Å². The van der Waals surface area contributed by atoms with Crippen molar-refractivity contribution in [2.24, 2.45) is 0 Å². The van der Waals surface area contributed by atoms with Crippen LogP contribution in [0, 0.1) is 0 Å². The normalized spacial score (nSPS) is 14.4. The molecule has 1 aromatic heterocycles. The van der Waals surface area contributed by atoms with E-state index in [1.807, 2.05) is 36.5 Å². The van der Waals surface area contributed by atoms with Crippen LogP contribution in [0.15, 0.2) is 45.5 Å². The number of hydrogen-bond donors (Lipinski definition) is 1. The molecule has 3 nitrogen and oxygen atoms in total. The molecule has 0 saturated heterocycles. The van der Waals surface area contributed by atoms with E-state index in [2.05, 4.69) is 41.7 Å². The van der Waals surface area contributed by atoms with Crippen LogP contribution < -0.4 is 5.32 Å². The van der Waals surface area contributed by atoms with Gasteiger partial charge in [-0.3, -0.25) is 4.79 Å². The molecule has 2 aromatic rings. The Kier molecular flexibility index (Phi) is 3.50. The molecule has 5 heteroatoms. The molecular formula is C14H12Br2N2O. The summed E-state index contributed by atoms with van der Waals surface area (Å²) in [6.45, 7) is 0. The van der Waals surface area contributed by atoms with Gasteiger partial charge in [-0.1, -0.05) is 22.0 Å². The van der Waals surface area contributed by atoms with Gasteiger partial charge in [0.2, 0.25) is 0 Å². The zero-order chi connectivity index (χ0) is 13.4. The predicted octanol–water partition coefficient (Wildman–Crippen LogP) is 4.60. The van der Waals surface area contributed by atoms with E-state index in [9.17, 15) is 4.79 Å². The highest BCUT2D eigenvalue weighted by molar-refractivity contribution is 9.10. The Labute approximate surface area is 128 Å². The average Bonchev–Trinajstić information content (AvgIpc) is 3.12. The number of carbonyl (C=O) groups excluding carboxylic acids is 1. The Balaban J connectivity index is 1.84. The molecule has 0 radical (unpaired) electrons. The molecule has 0 unspecified atom stereocenters. The van der Waals surface area contributed by atoms with Crippen molar-refractivity contribution in [3.05, 3.63) is 51.2 Å². The zero-order valence-electron chi connectivity index (χ0n) is 10.1. The van der Waals surface area contributed by atoms with Gasteiger partial charge in [-0.2, -0.15) is 0 Å². The van der Waals surface area contributed by atoms with Crippen molar-refractivity contribution in [3.8, 4) is 0 Å². The maximum absolute atomic E-state index is 12.3. The lowest BCUT2D eigenvalue weighted by Crippen LogP contribution is -2.16. The lowest BCUT2D eigenvalue weighted by molar-refractivity contribution is 0.101. The molecule has 1 saturated carbocycles. The van der Waals surface area contributed by atoms with Gasteiger partial charge < -0.3 is 9.88 Å². The molecule has 0 bridgehead atoms. The number of rotatable bonds is 3. The van der Waals surface area contributed by atoms with Crippen molar-refractivity contribution in [1.29, 1.82) is 0 Å². The number of nitrogens with one attached hydrogen (secondary N) is 1. The molecule has 19 heavy (non-hydrogen) atoms. The van der Waals surface area contributed by atoms with E-state index in [4.69, 9.17) is 0 Å². The maximum atomic E-state index is 12.3. The molecule has 1 N–H and O–H groups in total. The second-order valence-corrected chi connectivity index (χ2v) is 6.48. The zero-order valence-corrected chi connectivity index (χ0v) is 13.2. The van der Waals surface area contributed by atoms with Gasteiger partial charge in [-0.05, 0) is 53.0 Å². The Morgan fingerprint density at radius 3 is 2.68 bits per heavy atom. The van der Waals surface area contributed by atoms with Crippen molar-refractivity contribution in [2.75, 3.05) is 5.32 Å². The first-order valence-electron chi connectivity index (χ1n) is 6.08. The fourth-order valence-corrected chi connectivity index (χ4v) is 2.88. The Hall–Kier alpha value is -1.07. The first-order chi connectivity index (χ1) is 9.13. The summed E-state index contributed by atoms with van der Waals surface area (Å²) in [5.41, 5.74) is 1.49. The number of amides is 1. The van der Waals surface area contributed by atoms with Crippen LogP contribution in [-0.2, 0) is 0 Å². The van der Waals surface area contributed by atoms with Crippen LogP contribution in [0.25, 0.3) is 0 Å². The summed E-state index contributed by atoms with van der Waals surface area (Å²) in [7, 11) is 0. The SMILES string of the molecule is O=C(Nc1cccc(Br)c1)c1cc(Br)cn1C1CC1. The number of carbonyl (C=O) groups is 1. The van der Waals surface area contributed by atoms with E-state index in [-0.39, 0.29) is 5.91 Å². The quantitative estimate of drug-likeness (QED) is 0.825. The minimum atomic E-state index is -0.0734. The average molecular weight is 384 g/mol. The summed E-state index contributed by atoms with van der Waals surface area (Å²) >= 11 is 6.83. The minimum Gasteiger partial charge on any atom is -0.339 e. The highest BCUT2D eigenvalue weighted by atomic mass is 79.9. The van der Waals surface area contributed by atoms with Gasteiger partial charge in [-0.15, -0.1) is 0 Å². The number of benzene rings is 1. The first-order valence-corrected chi connectivity index (χ1v) is 7.66. The Morgan fingerprint density at radius 2 is 2.00 bits per heavy atom. The fourth-order valence-electron chi connectivity index (χ4n) is 2.04. The van der Waals surface area contributed by atoms with Gasteiger partial charge in [0.1, 0.15) is 5.69 Å². The van der Waals surface area contributed by atoms with Crippen LogP contribution in [0.5, 0.6) is 0 Å². The van der Waals surface area contributed by atoms with Crippen LogP contribution in [-0.4, -0.2) is 10.5 Å². The minimum absolute atomic E-state index is 0.0734. The van der Waals surface area contributed by atoms with Crippen LogP contribution in [0.2, 0.25) is 0 Å². The summed E-state index contributed by atoms with van der Waals surface area (Å²) in [6.07, 6.45) is 4.28. The summed E-state index contributed by atoms with van der Waals surface area (Å²) in [5, 5.41) is 2.92. The smallest absolute Gasteiger partial charge is 0.272 e. The van der Waals surface area contributed by atoms with Gasteiger partial charge in [0, 0.05) is 26.9 Å². The number of anilines is 1. The van der Waals surface area contributed by atoms with Crippen LogP contribution >= 0.6 is 31.9 Å². The third-order valence-corrected chi connectivity index (χ3v) is 4.00. The Bertz CT molecular complexity index is 632. The van der Waals surface area contributed by atoms with Crippen molar-refractivity contribution in [1.82, 2.24) is 4.57 Å². The molecule has 98 valence electrons. The first kappa shape index (κ1) is 12.9. The van der Waals surface area contributed by atoms with Crippen molar-refractivity contribution in [2.45, 2.75) is 18.9 Å². The fraction of sp³-hybridized carbons (Fsp3) is 0.214. The molecule has 1 amide bonds. The van der Waals surface area contributed by atoms with Gasteiger partial charge in [0.05, 0.1) is 0 Å². The third-order valence-electron chi connectivity index (χ3n) is 3.07. The van der Waals surface area contributed by atoms with Gasteiger partial charge >= 0.3 is 0 Å². The summed E-state index contributed by atoms with van der Waals surface area (Å²) in [4.78, 5) is 12.3. The van der Waals surface area contributed by atoms with E-state index in [1.165, 1.54) is 0 Å². The maximum Gasteiger partial charge on any atom is 0.272 e. The Morgan fingerprint density at radius 1 is 1.21 bits per heavy atom. The number of aromatic nitrogens is 1. The molecule has 1 aliphatic carbocycles.